The second-order valence-corrected chi connectivity index (χ2v) is 3.19. The molecule has 0 saturated carbocycles. The zero-order valence-corrected chi connectivity index (χ0v) is 8.22. The molecule has 1 rings (SSSR count). The van der Waals surface area contributed by atoms with Gasteiger partial charge in [0.25, 0.3) is 0 Å². The van der Waals surface area contributed by atoms with Crippen LogP contribution in [0.15, 0.2) is 48.2 Å². The van der Waals surface area contributed by atoms with Crippen molar-refractivity contribution >= 4 is 0 Å². The highest BCUT2D eigenvalue weighted by atomic mass is 14.0. The molecule has 0 aliphatic heterocycles. The molecule has 0 nitrogen and oxygen atoms in total. The molecule has 0 heterocycles. The van der Waals surface area contributed by atoms with Gasteiger partial charge in [-0.1, -0.05) is 50.3 Å². The first-order valence-electron chi connectivity index (χ1n) is 4.78. The van der Waals surface area contributed by atoms with E-state index < -0.39 is 0 Å². The van der Waals surface area contributed by atoms with Crippen molar-refractivity contribution < 1.29 is 0 Å². The van der Waals surface area contributed by atoms with E-state index in [-0.39, 0.29) is 0 Å². The van der Waals surface area contributed by atoms with Crippen LogP contribution >= 0.6 is 0 Å². The Labute approximate surface area is 80.6 Å². The second kappa shape index (κ2) is 5.40. The summed E-state index contributed by atoms with van der Waals surface area (Å²) in [5.41, 5.74) is 5.68. The Hall–Kier alpha value is -1.26. The quantitative estimate of drug-likeness (QED) is 0.607. The molecular formula is C13H16. The van der Waals surface area contributed by atoms with Crippen LogP contribution in [0.1, 0.15) is 25.3 Å². The molecule has 0 atom stereocenters. The van der Waals surface area contributed by atoms with Crippen LogP contribution in [0, 0.1) is 0 Å². The Morgan fingerprint density at radius 3 is 2.54 bits per heavy atom. The lowest BCUT2D eigenvalue weighted by Crippen LogP contribution is -1.88. The van der Waals surface area contributed by atoms with Crippen molar-refractivity contribution in [3.63, 3.8) is 0 Å². The van der Waals surface area contributed by atoms with Gasteiger partial charge in [-0.3, -0.25) is 0 Å². The third kappa shape index (κ3) is 3.31. The lowest BCUT2D eigenvalue weighted by molar-refractivity contribution is 0.873. The van der Waals surface area contributed by atoms with Crippen LogP contribution in [0.5, 0.6) is 0 Å². The maximum absolute atomic E-state index is 3.71. The number of rotatable bonds is 4. The molecule has 0 aliphatic rings. The van der Waals surface area contributed by atoms with Gasteiger partial charge in [-0.2, -0.15) is 0 Å². The molecule has 0 amide bonds. The average molecular weight is 172 g/mol. The summed E-state index contributed by atoms with van der Waals surface area (Å²) in [6, 6.07) is 10.5. The standard InChI is InChI=1S/C13H16/c1-3-8-12(4-2)11-13-9-6-5-7-10-13/h5-7,9-10H,2-3,8,11H2,1H3. The van der Waals surface area contributed by atoms with E-state index in [9.17, 15) is 0 Å². The smallest absolute Gasteiger partial charge is 0.000892 e. The number of hydrogen-bond donors (Lipinski definition) is 0. The van der Waals surface area contributed by atoms with Gasteiger partial charge in [0.15, 0.2) is 0 Å². The summed E-state index contributed by atoms with van der Waals surface area (Å²) >= 11 is 0. The zero-order valence-electron chi connectivity index (χ0n) is 8.22. The number of allylic oxidation sites excluding steroid dienone is 1. The largest absolute Gasteiger partial charge is 0.129 e. The first-order chi connectivity index (χ1) is 6.36. The van der Waals surface area contributed by atoms with Gasteiger partial charge in [-0.05, 0) is 17.6 Å². The van der Waals surface area contributed by atoms with E-state index in [0.29, 0.717) is 0 Å². The zero-order chi connectivity index (χ0) is 9.52. The summed E-state index contributed by atoms with van der Waals surface area (Å²) in [5, 5.41) is 0. The van der Waals surface area contributed by atoms with Gasteiger partial charge in [-0.25, -0.2) is 0 Å². The van der Waals surface area contributed by atoms with Crippen LogP contribution in [0.2, 0.25) is 0 Å². The van der Waals surface area contributed by atoms with Gasteiger partial charge >= 0.3 is 0 Å². The summed E-state index contributed by atoms with van der Waals surface area (Å²) in [7, 11) is 0. The minimum Gasteiger partial charge on any atom is -0.129 e. The van der Waals surface area contributed by atoms with Crippen molar-refractivity contribution in [1.82, 2.24) is 0 Å². The molecule has 0 N–H and O–H groups in total. The lowest BCUT2D eigenvalue weighted by atomic mass is 10.0. The predicted octanol–water partition coefficient (Wildman–Crippen LogP) is 3.74. The van der Waals surface area contributed by atoms with Crippen molar-refractivity contribution in [2.24, 2.45) is 0 Å². The molecule has 0 aromatic heterocycles. The summed E-state index contributed by atoms with van der Waals surface area (Å²) in [5.74, 6) is 0. The van der Waals surface area contributed by atoms with Crippen molar-refractivity contribution in [3.05, 3.63) is 53.8 Å². The Kier molecular flexibility index (Phi) is 4.08. The molecule has 0 saturated heterocycles. The molecule has 0 fully saturated rings. The molecule has 68 valence electrons. The van der Waals surface area contributed by atoms with Crippen molar-refractivity contribution in [3.8, 4) is 0 Å². The van der Waals surface area contributed by atoms with Gasteiger partial charge in [0, 0.05) is 6.42 Å². The molecule has 0 unspecified atom stereocenters. The van der Waals surface area contributed by atoms with Crippen molar-refractivity contribution in [1.29, 1.82) is 0 Å². The first-order valence-corrected chi connectivity index (χ1v) is 4.78. The highest BCUT2D eigenvalue weighted by Crippen LogP contribution is 2.11. The maximum atomic E-state index is 3.71. The van der Waals surface area contributed by atoms with E-state index >= 15 is 0 Å². The van der Waals surface area contributed by atoms with Gasteiger partial charge < -0.3 is 0 Å². The Morgan fingerprint density at radius 1 is 1.31 bits per heavy atom. The molecule has 0 radical (unpaired) electrons. The first kappa shape index (κ1) is 9.83. The van der Waals surface area contributed by atoms with E-state index in [1.165, 1.54) is 17.6 Å². The third-order valence-corrected chi connectivity index (χ3v) is 2.06. The van der Waals surface area contributed by atoms with Gasteiger partial charge in [-0.15, -0.1) is 5.73 Å². The summed E-state index contributed by atoms with van der Waals surface area (Å²) in [6.07, 6.45) is 3.28. The van der Waals surface area contributed by atoms with Crippen LogP contribution < -0.4 is 0 Å². The molecule has 1 aromatic rings. The predicted molar refractivity (Wildman–Crippen MR) is 57.7 cm³/mol. The fraction of sp³-hybridized carbons (Fsp3) is 0.308. The minimum atomic E-state index is 0.998. The normalized spacial score (nSPS) is 9.31. The van der Waals surface area contributed by atoms with Crippen LogP contribution in [-0.4, -0.2) is 0 Å². The monoisotopic (exact) mass is 172 g/mol. The molecule has 0 bridgehead atoms. The molecule has 0 heteroatoms. The van der Waals surface area contributed by atoms with E-state index in [4.69, 9.17) is 0 Å². The molecular weight excluding hydrogens is 156 g/mol. The average Bonchev–Trinajstić information content (AvgIpc) is 2.19. The van der Waals surface area contributed by atoms with Gasteiger partial charge in [0.2, 0.25) is 0 Å². The van der Waals surface area contributed by atoms with Crippen molar-refractivity contribution in [2.45, 2.75) is 26.2 Å². The van der Waals surface area contributed by atoms with Gasteiger partial charge in [0.05, 0.1) is 0 Å². The molecule has 13 heavy (non-hydrogen) atoms. The topological polar surface area (TPSA) is 0 Å². The number of hydrogen-bond acceptors (Lipinski definition) is 0. The fourth-order valence-electron chi connectivity index (χ4n) is 1.38. The second-order valence-electron chi connectivity index (χ2n) is 3.19. The molecule has 0 spiro atoms. The Balaban J connectivity index is 2.63. The molecule has 0 aliphatic carbocycles. The van der Waals surface area contributed by atoms with E-state index in [0.717, 1.165) is 12.8 Å². The highest BCUT2D eigenvalue weighted by molar-refractivity contribution is 5.21. The van der Waals surface area contributed by atoms with E-state index in [2.05, 4.69) is 43.5 Å². The summed E-state index contributed by atoms with van der Waals surface area (Å²) in [6.45, 7) is 5.90. The van der Waals surface area contributed by atoms with Crippen LogP contribution in [0.4, 0.5) is 0 Å². The fourth-order valence-corrected chi connectivity index (χ4v) is 1.38. The van der Waals surface area contributed by atoms with Crippen LogP contribution in [0.3, 0.4) is 0 Å². The molecule has 1 aromatic carbocycles. The van der Waals surface area contributed by atoms with Crippen LogP contribution in [0.25, 0.3) is 0 Å². The van der Waals surface area contributed by atoms with E-state index in [1.807, 2.05) is 6.07 Å². The Bertz CT molecular complexity index is 289. The SMILES string of the molecule is C=C=C(CCC)Cc1ccccc1. The van der Waals surface area contributed by atoms with Gasteiger partial charge in [0.1, 0.15) is 0 Å². The summed E-state index contributed by atoms with van der Waals surface area (Å²) in [4.78, 5) is 0. The maximum Gasteiger partial charge on any atom is 0.000892 e. The lowest BCUT2D eigenvalue weighted by Gasteiger charge is -2.02. The Morgan fingerprint density at radius 2 is 2.00 bits per heavy atom. The minimum absolute atomic E-state index is 0.998. The summed E-state index contributed by atoms with van der Waals surface area (Å²) < 4.78 is 0. The number of benzene rings is 1. The third-order valence-electron chi connectivity index (χ3n) is 2.06. The van der Waals surface area contributed by atoms with Crippen LogP contribution in [-0.2, 0) is 6.42 Å². The highest BCUT2D eigenvalue weighted by Gasteiger charge is 1.96. The van der Waals surface area contributed by atoms with E-state index in [1.54, 1.807) is 0 Å². The van der Waals surface area contributed by atoms with Crippen molar-refractivity contribution in [2.75, 3.05) is 0 Å².